The molecule has 1 N–H and O–H groups in total. The maximum Gasteiger partial charge on any atom is 0.277 e. The van der Waals surface area contributed by atoms with Crippen LogP contribution in [0.25, 0.3) is 11.1 Å². The second-order valence-electron chi connectivity index (χ2n) is 4.77. The van der Waals surface area contributed by atoms with Gasteiger partial charge < -0.3 is 5.11 Å². The third-order valence-electron chi connectivity index (χ3n) is 3.36. The van der Waals surface area contributed by atoms with Crippen LogP contribution in [0.3, 0.4) is 0 Å². The molecule has 0 aromatic heterocycles. The third-order valence-corrected chi connectivity index (χ3v) is 3.36. The molecule has 0 saturated carbocycles. The number of hydrogen-bond acceptors (Lipinski definition) is 1. The van der Waals surface area contributed by atoms with Crippen LogP contribution in [-0.2, 0) is 12.3 Å². The summed E-state index contributed by atoms with van der Waals surface area (Å²) in [7, 11) is 0. The molecule has 18 heavy (non-hydrogen) atoms. The molecular formula is C15H12F2O. The lowest BCUT2D eigenvalue weighted by Gasteiger charge is -2.27. The summed E-state index contributed by atoms with van der Waals surface area (Å²) in [4.78, 5) is 0. The van der Waals surface area contributed by atoms with Crippen molar-refractivity contribution in [3.05, 3.63) is 53.1 Å². The Hall–Kier alpha value is -1.90. The highest BCUT2D eigenvalue weighted by molar-refractivity contribution is 5.75. The molecule has 0 heterocycles. The highest BCUT2D eigenvalue weighted by atomic mass is 19.3. The number of benzene rings is 2. The zero-order valence-electron chi connectivity index (χ0n) is 9.87. The van der Waals surface area contributed by atoms with Crippen LogP contribution in [0.15, 0.2) is 36.4 Å². The van der Waals surface area contributed by atoms with Gasteiger partial charge in [-0.2, -0.15) is 0 Å². The number of fused-ring (bicyclic) bond motifs is 3. The quantitative estimate of drug-likeness (QED) is 0.744. The van der Waals surface area contributed by atoms with Crippen LogP contribution in [-0.4, -0.2) is 5.11 Å². The van der Waals surface area contributed by atoms with Crippen LogP contribution in [0.4, 0.5) is 8.78 Å². The number of phenolic OH excluding ortho intramolecular Hbond substituents is 1. The number of hydrogen-bond donors (Lipinski definition) is 1. The van der Waals surface area contributed by atoms with Gasteiger partial charge in [0.05, 0.1) is 0 Å². The minimum Gasteiger partial charge on any atom is -0.508 e. The molecule has 0 fully saturated rings. The van der Waals surface area contributed by atoms with E-state index in [4.69, 9.17) is 0 Å². The first-order chi connectivity index (χ1) is 8.47. The molecule has 3 rings (SSSR count). The Kier molecular flexibility index (Phi) is 2.21. The Bertz CT molecular complexity index is 632. The topological polar surface area (TPSA) is 20.2 Å². The first-order valence-corrected chi connectivity index (χ1v) is 5.78. The minimum absolute atomic E-state index is 0.0844. The van der Waals surface area contributed by atoms with Crippen molar-refractivity contribution in [2.75, 3.05) is 0 Å². The van der Waals surface area contributed by atoms with Crippen LogP contribution in [0.1, 0.15) is 16.7 Å². The van der Waals surface area contributed by atoms with E-state index in [1.165, 1.54) is 6.07 Å². The number of aromatic hydroxyl groups is 1. The standard InChI is InChI=1S/C15H12F2O/c1-9-2-4-12-10(6-9)8-15(16,17)14-7-11(18)3-5-13(12)14/h2-7,18H,8H2,1H3. The van der Waals surface area contributed by atoms with Crippen molar-refractivity contribution in [3.63, 3.8) is 0 Å². The van der Waals surface area contributed by atoms with Gasteiger partial charge in [0.1, 0.15) is 5.75 Å². The summed E-state index contributed by atoms with van der Waals surface area (Å²) in [6.45, 7) is 1.89. The van der Waals surface area contributed by atoms with E-state index in [-0.39, 0.29) is 17.7 Å². The van der Waals surface area contributed by atoms with Crippen LogP contribution < -0.4 is 0 Å². The average Bonchev–Trinajstić information content (AvgIpc) is 2.28. The molecule has 0 bridgehead atoms. The fourth-order valence-corrected chi connectivity index (χ4v) is 2.54. The SMILES string of the molecule is Cc1ccc2c(c1)CC(F)(F)c1cc(O)ccc1-2. The van der Waals surface area contributed by atoms with Gasteiger partial charge in [0, 0.05) is 12.0 Å². The lowest BCUT2D eigenvalue weighted by atomic mass is 9.82. The van der Waals surface area contributed by atoms with Crippen molar-refractivity contribution < 1.29 is 13.9 Å². The monoisotopic (exact) mass is 246 g/mol. The van der Waals surface area contributed by atoms with Gasteiger partial charge in [0.15, 0.2) is 0 Å². The average molecular weight is 246 g/mol. The highest BCUT2D eigenvalue weighted by Crippen LogP contribution is 2.46. The summed E-state index contributed by atoms with van der Waals surface area (Å²) >= 11 is 0. The van der Waals surface area contributed by atoms with Crippen molar-refractivity contribution in [1.82, 2.24) is 0 Å². The molecule has 0 aliphatic heterocycles. The number of halogens is 2. The lowest BCUT2D eigenvalue weighted by molar-refractivity contribution is -0.00500. The predicted octanol–water partition coefficient (Wildman–Crippen LogP) is 4.02. The van der Waals surface area contributed by atoms with E-state index < -0.39 is 5.92 Å². The zero-order chi connectivity index (χ0) is 12.9. The van der Waals surface area contributed by atoms with Crippen molar-refractivity contribution in [3.8, 4) is 16.9 Å². The molecule has 0 unspecified atom stereocenters. The molecule has 1 aliphatic rings. The summed E-state index contributed by atoms with van der Waals surface area (Å²) in [5.41, 5.74) is 2.91. The van der Waals surface area contributed by atoms with Gasteiger partial charge in [-0.3, -0.25) is 0 Å². The molecule has 0 saturated heterocycles. The summed E-state index contributed by atoms with van der Waals surface area (Å²) in [6, 6.07) is 9.77. The molecule has 3 heteroatoms. The molecule has 1 aliphatic carbocycles. The lowest BCUT2D eigenvalue weighted by Crippen LogP contribution is -2.22. The van der Waals surface area contributed by atoms with Gasteiger partial charge in [-0.15, -0.1) is 0 Å². The Morgan fingerprint density at radius 1 is 1.06 bits per heavy atom. The number of phenols is 1. The number of alkyl halides is 2. The fraction of sp³-hybridized carbons (Fsp3) is 0.200. The Morgan fingerprint density at radius 2 is 1.78 bits per heavy atom. The molecule has 92 valence electrons. The Labute approximate surface area is 104 Å². The first-order valence-electron chi connectivity index (χ1n) is 5.78. The van der Waals surface area contributed by atoms with Gasteiger partial charge in [0.25, 0.3) is 5.92 Å². The van der Waals surface area contributed by atoms with Crippen molar-refractivity contribution in [1.29, 1.82) is 0 Å². The predicted molar refractivity (Wildman–Crippen MR) is 65.9 cm³/mol. The van der Waals surface area contributed by atoms with E-state index in [9.17, 15) is 13.9 Å². The van der Waals surface area contributed by atoms with Crippen molar-refractivity contribution >= 4 is 0 Å². The first kappa shape index (κ1) is 11.2. The second-order valence-corrected chi connectivity index (χ2v) is 4.77. The maximum atomic E-state index is 14.1. The molecule has 1 nitrogen and oxygen atoms in total. The Balaban J connectivity index is 2.31. The van der Waals surface area contributed by atoms with Crippen LogP contribution in [0, 0.1) is 6.92 Å². The van der Waals surface area contributed by atoms with E-state index in [0.29, 0.717) is 11.1 Å². The van der Waals surface area contributed by atoms with Crippen LogP contribution >= 0.6 is 0 Å². The summed E-state index contributed by atoms with van der Waals surface area (Å²) in [6.07, 6.45) is -0.305. The minimum atomic E-state index is -2.92. The van der Waals surface area contributed by atoms with E-state index in [0.717, 1.165) is 17.2 Å². The number of rotatable bonds is 0. The summed E-state index contributed by atoms with van der Waals surface area (Å²) < 4.78 is 28.2. The smallest absolute Gasteiger partial charge is 0.277 e. The van der Waals surface area contributed by atoms with Gasteiger partial charge in [-0.05, 0) is 35.7 Å². The molecule has 2 aromatic carbocycles. The van der Waals surface area contributed by atoms with Gasteiger partial charge in [-0.25, -0.2) is 8.78 Å². The van der Waals surface area contributed by atoms with E-state index in [1.807, 2.05) is 19.1 Å². The molecule has 0 atom stereocenters. The summed E-state index contributed by atoms with van der Waals surface area (Å²) in [5.74, 6) is -3.04. The normalized spacial score (nSPS) is 15.9. The second kappa shape index (κ2) is 3.55. The third kappa shape index (κ3) is 1.58. The van der Waals surface area contributed by atoms with Crippen LogP contribution in [0.5, 0.6) is 5.75 Å². The largest absolute Gasteiger partial charge is 0.508 e. The van der Waals surface area contributed by atoms with Gasteiger partial charge >= 0.3 is 0 Å². The molecule has 0 radical (unpaired) electrons. The molecule has 0 spiro atoms. The van der Waals surface area contributed by atoms with Crippen molar-refractivity contribution in [2.45, 2.75) is 19.3 Å². The van der Waals surface area contributed by atoms with E-state index in [1.54, 1.807) is 12.1 Å². The highest BCUT2D eigenvalue weighted by Gasteiger charge is 2.39. The molecule has 0 amide bonds. The Morgan fingerprint density at radius 3 is 2.56 bits per heavy atom. The van der Waals surface area contributed by atoms with Gasteiger partial charge in [0.2, 0.25) is 0 Å². The maximum absolute atomic E-state index is 14.1. The van der Waals surface area contributed by atoms with Crippen molar-refractivity contribution in [2.24, 2.45) is 0 Å². The van der Waals surface area contributed by atoms with Crippen LogP contribution in [0.2, 0.25) is 0 Å². The van der Waals surface area contributed by atoms with E-state index >= 15 is 0 Å². The molecule has 2 aromatic rings. The fourth-order valence-electron chi connectivity index (χ4n) is 2.54. The zero-order valence-corrected chi connectivity index (χ0v) is 9.87. The molecular weight excluding hydrogens is 234 g/mol. The van der Waals surface area contributed by atoms with E-state index in [2.05, 4.69) is 0 Å². The number of aryl methyl sites for hydroxylation is 1. The summed E-state index contributed by atoms with van der Waals surface area (Å²) in [5, 5.41) is 9.38. The van der Waals surface area contributed by atoms with Gasteiger partial charge in [-0.1, -0.05) is 29.8 Å².